The highest BCUT2D eigenvalue weighted by Crippen LogP contribution is 2.25. The number of benzene rings is 1. The molecule has 0 unspecified atom stereocenters. The van der Waals surface area contributed by atoms with Gasteiger partial charge in [0, 0.05) is 4.47 Å². The minimum Gasteiger partial charge on any atom is -0.497 e. The maximum absolute atomic E-state index is 12.2. The third-order valence-electron chi connectivity index (χ3n) is 2.53. The molecule has 0 aliphatic heterocycles. The van der Waals surface area contributed by atoms with Crippen LogP contribution in [0.3, 0.4) is 0 Å². The Morgan fingerprint density at radius 1 is 1.33 bits per heavy atom. The lowest BCUT2D eigenvalue weighted by molar-refractivity contribution is 0.0606. The predicted octanol–water partition coefficient (Wildman–Crippen LogP) is 2.95. The molecule has 2 aromatic rings. The standard InChI is InChI=1S/C13H11BrN2O4S/c1-19-7-3-4-9(14)8(5-7)11(17)16-13-15-6-10(21-13)12(18)20-2/h3-6H,1-2H3,(H,15,16,17). The van der Waals surface area contributed by atoms with Crippen LogP contribution in [0.5, 0.6) is 5.75 Å². The lowest BCUT2D eigenvalue weighted by Gasteiger charge is -2.06. The normalized spacial score (nSPS) is 10.0. The van der Waals surface area contributed by atoms with E-state index in [0.717, 1.165) is 11.3 Å². The second-order valence-electron chi connectivity index (χ2n) is 3.82. The van der Waals surface area contributed by atoms with Crippen LogP contribution in [0.4, 0.5) is 5.13 Å². The molecular formula is C13H11BrN2O4S. The van der Waals surface area contributed by atoms with Crippen molar-refractivity contribution >= 4 is 44.3 Å². The molecule has 0 aliphatic carbocycles. The van der Waals surface area contributed by atoms with Gasteiger partial charge >= 0.3 is 5.97 Å². The number of methoxy groups -OCH3 is 2. The van der Waals surface area contributed by atoms with Crippen molar-refractivity contribution in [3.63, 3.8) is 0 Å². The molecule has 2 rings (SSSR count). The third-order valence-corrected chi connectivity index (χ3v) is 4.12. The van der Waals surface area contributed by atoms with E-state index in [1.807, 2.05) is 0 Å². The first kappa shape index (κ1) is 15.5. The second kappa shape index (κ2) is 6.68. The van der Waals surface area contributed by atoms with Crippen LogP contribution in [0.15, 0.2) is 28.9 Å². The average Bonchev–Trinajstić information content (AvgIpc) is 2.95. The summed E-state index contributed by atoms with van der Waals surface area (Å²) in [6.07, 6.45) is 1.35. The molecule has 0 atom stereocenters. The Morgan fingerprint density at radius 3 is 2.76 bits per heavy atom. The lowest BCUT2D eigenvalue weighted by atomic mass is 10.2. The summed E-state index contributed by atoms with van der Waals surface area (Å²) in [4.78, 5) is 27.8. The topological polar surface area (TPSA) is 77.5 Å². The minimum atomic E-state index is -0.490. The van der Waals surface area contributed by atoms with Gasteiger partial charge < -0.3 is 9.47 Å². The van der Waals surface area contributed by atoms with E-state index in [2.05, 4.69) is 31.0 Å². The number of carbonyl (C=O) groups excluding carboxylic acids is 2. The fourth-order valence-corrected chi connectivity index (χ4v) is 2.65. The maximum Gasteiger partial charge on any atom is 0.349 e. The lowest BCUT2D eigenvalue weighted by Crippen LogP contribution is -2.12. The van der Waals surface area contributed by atoms with Crippen molar-refractivity contribution in [1.82, 2.24) is 4.98 Å². The first-order chi connectivity index (χ1) is 10.0. The Labute approximate surface area is 133 Å². The molecule has 1 aromatic heterocycles. The van der Waals surface area contributed by atoms with E-state index >= 15 is 0 Å². The number of thiazole rings is 1. The van der Waals surface area contributed by atoms with E-state index < -0.39 is 5.97 Å². The first-order valence-electron chi connectivity index (χ1n) is 5.74. The molecule has 21 heavy (non-hydrogen) atoms. The third kappa shape index (κ3) is 3.59. The number of hydrogen-bond acceptors (Lipinski definition) is 6. The molecule has 0 radical (unpaired) electrons. The molecule has 1 aromatic carbocycles. The molecule has 0 spiro atoms. The van der Waals surface area contributed by atoms with Crippen LogP contribution in [0.1, 0.15) is 20.0 Å². The van der Waals surface area contributed by atoms with Crippen molar-refractivity contribution in [2.75, 3.05) is 19.5 Å². The fourth-order valence-electron chi connectivity index (χ4n) is 1.50. The number of anilines is 1. The number of hydrogen-bond donors (Lipinski definition) is 1. The Bertz CT molecular complexity index is 687. The molecule has 8 heteroatoms. The summed E-state index contributed by atoms with van der Waals surface area (Å²) in [7, 11) is 2.81. The minimum absolute atomic E-state index is 0.315. The zero-order chi connectivity index (χ0) is 15.4. The van der Waals surface area contributed by atoms with Gasteiger partial charge in [0.2, 0.25) is 0 Å². The fraction of sp³-hybridized carbons (Fsp3) is 0.154. The molecule has 6 nitrogen and oxygen atoms in total. The van der Waals surface area contributed by atoms with Gasteiger partial charge in [-0.25, -0.2) is 9.78 Å². The van der Waals surface area contributed by atoms with Gasteiger partial charge in [-0.3, -0.25) is 10.1 Å². The number of nitrogens with one attached hydrogen (secondary N) is 1. The van der Waals surface area contributed by atoms with Crippen LogP contribution >= 0.6 is 27.3 Å². The predicted molar refractivity (Wildman–Crippen MR) is 82.1 cm³/mol. The van der Waals surface area contributed by atoms with Gasteiger partial charge in [-0.05, 0) is 34.1 Å². The largest absolute Gasteiger partial charge is 0.497 e. The highest BCUT2D eigenvalue weighted by molar-refractivity contribution is 9.10. The van der Waals surface area contributed by atoms with Crippen molar-refractivity contribution in [2.24, 2.45) is 0 Å². The molecule has 1 N–H and O–H groups in total. The molecule has 1 heterocycles. The zero-order valence-corrected chi connectivity index (χ0v) is 13.6. The molecule has 110 valence electrons. The number of rotatable bonds is 4. The number of ether oxygens (including phenoxy) is 2. The van der Waals surface area contributed by atoms with Gasteiger partial charge in [0.05, 0.1) is 26.0 Å². The van der Waals surface area contributed by atoms with Gasteiger partial charge in [-0.2, -0.15) is 0 Å². The van der Waals surface area contributed by atoms with Gasteiger partial charge in [0.1, 0.15) is 10.6 Å². The smallest absolute Gasteiger partial charge is 0.349 e. The monoisotopic (exact) mass is 370 g/mol. The molecule has 0 saturated heterocycles. The summed E-state index contributed by atoms with van der Waals surface area (Å²) in [6, 6.07) is 5.06. The van der Waals surface area contributed by atoms with Crippen LogP contribution in [0, 0.1) is 0 Å². The van der Waals surface area contributed by atoms with Crippen LogP contribution < -0.4 is 10.1 Å². The summed E-state index contributed by atoms with van der Waals surface area (Å²) < 4.78 is 10.3. The van der Waals surface area contributed by atoms with Crippen LogP contribution in [0.2, 0.25) is 0 Å². The van der Waals surface area contributed by atoms with Gasteiger partial charge in [-0.15, -0.1) is 0 Å². The number of carbonyl (C=O) groups is 2. The van der Waals surface area contributed by atoms with Crippen molar-refractivity contribution in [1.29, 1.82) is 0 Å². The first-order valence-corrected chi connectivity index (χ1v) is 7.35. The van der Waals surface area contributed by atoms with Crippen molar-refractivity contribution in [2.45, 2.75) is 0 Å². The number of halogens is 1. The van der Waals surface area contributed by atoms with E-state index in [-0.39, 0.29) is 5.91 Å². The highest BCUT2D eigenvalue weighted by Gasteiger charge is 2.15. The van der Waals surface area contributed by atoms with Gasteiger partial charge in [-0.1, -0.05) is 11.3 Å². The van der Waals surface area contributed by atoms with E-state index in [1.54, 1.807) is 18.2 Å². The molecular weight excluding hydrogens is 360 g/mol. The molecule has 0 bridgehead atoms. The number of nitrogens with zero attached hydrogens (tertiary/aromatic N) is 1. The maximum atomic E-state index is 12.2. The van der Waals surface area contributed by atoms with Crippen molar-refractivity contribution < 1.29 is 19.1 Å². The van der Waals surface area contributed by atoms with Gasteiger partial charge in [0.15, 0.2) is 5.13 Å². The van der Waals surface area contributed by atoms with E-state index in [9.17, 15) is 9.59 Å². The second-order valence-corrected chi connectivity index (χ2v) is 5.71. The van der Waals surface area contributed by atoms with Crippen molar-refractivity contribution in [3.05, 3.63) is 39.3 Å². The Hall–Kier alpha value is -1.93. The number of aromatic nitrogens is 1. The van der Waals surface area contributed by atoms with Gasteiger partial charge in [0.25, 0.3) is 5.91 Å². The molecule has 1 amide bonds. The van der Waals surface area contributed by atoms with Crippen LogP contribution in [-0.2, 0) is 4.74 Å². The van der Waals surface area contributed by atoms with Crippen molar-refractivity contribution in [3.8, 4) is 5.75 Å². The molecule has 0 saturated carbocycles. The summed E-state index contributed by atoms with van der Waals surface area (Å²) in [5.74, 6) is -0.278. The quantitative estimate of drug-likeness (QED) is 0.837. The van der Waals surface area contributed by atoms with E-state index in [0.29, 0.717) is 25.8 Å². The summed E-state index contributed by atoms with van der Waals surface area (Å²) >= 11 is 4.35. The summed E-state index contributed by atoms with van der Waals surface area (Å²) in [5.41, 5.74) is 0.407. The average molecular weight is 371 g/mol. The Morgan fingerprint density at radius 2 is 2.10 bits per heavy atom. The Balaban J connectivity index is 2.18. The van der Waals surface area contributed by atoms with E-state index in [1.165, 1.54) is 20.4 Å². The van der Waals surface area contributed by atoms with Crippen LogP contribution in [0.25, 0.3) is 0 Å². The summed E-state index contributed by atoms with van der Waals surface area (Å²) in [5, 5.41) is 2.94. The van der Waals surface area contributed by atoms with Crippen LogP contribution in [-0.4, -0.2) is 31.1 Å². The SMILES string of the molecule is COC(=O)c1cnc(NC(=O)c2cc(OC)ccc2Br)s1. The number of esters is 1. The van der Waals surface area contributed by atoms with E-state index in [4.69, 9.17) is 4.74 Å². The molecule has 0 aliphatic rings. The molecule has 0 fully saturated rings. The Kier molecular flexibility index (Phi) is 4.92. The zero-order valence-electron chi connectivity index (χ0n) is 11.2. The summed E-state index contributed by atoms with van der Waals surface area (Å²) in [6.45, 7) is 0. The number of amides is 1. The highest BCUT2D eigenvalue weighted by atomic mass is 79.9.